The van der Waals surface area contributed by atoms with Crippen molar-refractivity contribution in [2.45, 2.75) is 0 Å². The maximum atomic E-state index is 14.0. The van der Waals surface area contributed by atoms with Gasteiger partial charge in [0.25, 0.3) is 0 Å². The van der Waals surface area contributed by atoms with E-state index in [1.54, 1.807) is 6.07 Å². The Kier molecular flexibility index (Phi) is 4.13. The van der Waals surface area contributed by atoms with Crippen molar-refractivity contribution in [1.29, 1.82) is 0 Å². The highest BCUT2D eigenvalue weighted by Gasteiger charge is 2.22. The van der Waals surface area contributed by atoms with Crippen molar-refractivity contribution < 1.29 is 8.78 Å². The van der Waals surface area contributed by atoms with Gasteiger partial charge in [0, 0.05) is 42.7 Å². The van der Waals surface area contributed by atoms with E-state index in [-0.39, 0.29) is 0 Å². The molecular formula is C18H15ClF2N4. The fraction of sp³-hybridized carbons (Fsp3) is 0.222. The van der Waals surface area contributed by atoms with E-state index >= 15 is 0 Å². The van der Waals surface area contributed by atoms with Gasteiger partial charge in [0.1, 0.15) is 23.8 Å². The van der Waals surface area contributed by atoms with Crippen molar-refractivity contribution >= 4 is 34.0 Å². The fourth-order valence-corrected chi connectivity index (χ4v) is 3.34. The molecule has 4 rings (SSSR count). The van der Waals surface area contributed by atoms with Gasteiger partial charge in [-0.25, -0.2) is 18.7 Å². The van der Waals surface area contributed by atoms with E-state index in [4.69, 9.17) is 11.6 Å². The van der Waals surface area contributed by atoms with Crippen LogP contribution < -0.4 is 9.80 Å². The van der Waals surface area contributed by atoms with Crippen LogP contribution >= 0.6 is 11.6 Å². The molecule has 2 aromatic carbocycles. The van der Waals surface area contributed by atoms with Crippen LogP contribution in [0.3, 0.4) is 0 Å². The summed E-state index contributed by atoms with van der Waals surface area (Å²) >= 11 is 6.11. The van der Waals surface area contributed by atoms with Crippen LogP contribution in [0.25, 0.3) is 10.9 Å². The number of hydrogen-bond acceptors (Lipinski definition) is 4. The molecule has 0 N–H and O–H groups in total. The quantitative estimate of drug-likeness (QED) is 0.694. The van der Waals surface area contributed by atoms with Gasteiger partial charge >= 0.3 is 0 Å². The zero-order valence-electron chi connectivity index (χ0n) is 13.3. The third kappa shape index (κ3) is 3.09. The predicted molar refractivity (Wildman–Crippen MR) is 95.3 cm³/mol. The van der Waals surface area contributed by atoms with Crippen LogP contribution in [0.5, 0.6) is 0 Å². The molecule has 1 aliphatic heterocycles. The van der Waals surface area contributed by atoms with Gasteiger partial charge in [-0.3, -0.25) is 0 Å². The summed E-state index contributed by atoms with van der Waals surface area (Å²) in [5.41, 5.74) is 1.26. The summed E-state index contributed by atoms with van der Waals surface area (Å²) in [5, 5.41) is 1.53. The molecule has 0 atom stereocenters. The minimum absolute atomic E-state index is 0.427. The van der Waals surface area contributed by atoms with Crippen molar-refractivity contribution in [2.75, 3.05) is 36.0 Å². The first-order chi connectivity index (χ1) is 12.1. The minimum atomic E-state index is -0.566. The van der Waals surface area contributed by atoms with Crippen molar-refractivity contribution in [1.82, 2.24) is 9.97 Å². The Bertz CT molecular complexity index is 926. The van der Waals surface area contributed by atoms with Crippen molar-refractivity contribution in [3.63, 3.8) is 0 Å². The molecule has 1 aliphatic rings. The molecule has 25 heavy (non-hydrogen) atoms. The monoisotopic (exact) mass is 360 g/mol. The standard InChI is InChI=1S/C18H15ClF2N4/c19-12-1-3-16-14(9-12)18(23-11-22-16)25-7-5-24(6-8-25)17-4-2-13(20)10-15(17)21/h1-4,9-11H,5-8H2. The first-order valence-corrected chi connectivity index (χ1v) is 8.35. The van der Waals surface area contributed by atoms with Crippen LogP contribution in [0, 0.1) is 11.6 Å². The highest BCUT2D eigenvalue weighted by molar-refractivity contribution is 6.31. The van der Waals surface area contributed by atoms with Crippen LogP contribution in [-0.4, -0.2) is 36.1 Å². The number of anilines is 2. The second-order valence-corrected chi connectivity index (χ2v) is 6.37. The summed E-state index contributed by atoms with van der Waals surface area (Å²) in [4.78, 5) is 12.7. The lowest BCUT2D eigenvalue weighted by Crippen LogP contribution is -2.47. The number of rotatable bonds is 2. The molecule has 7 heteroatoms. The zero-order chi connectivity index (χ0) is 17.4. The summed E-state index contributed by atoms with van der Waals surface area (Å²) in [7, 11) is 0. The Morgan fingerprint density at radius 2 is 1.64 bits per heavy atom. The first kappa shape index (κ1) is 16.0. The number of halogens is 3. The Labute approximate surface area is 148 Å². The lowest BCUT2D eigenvalue weighted by atomic mass is 10.2. The second kappa shape index (κ2) is 6.44. The molecule has 1 fully saturated rings. The van der Waals surface area contributed by atoms with Gasteiger partial charge in [0.15, 0.2) is 0 Å². The van der Waals surface area contributed by atoms with Crippen molar-refractivity contribution in [2.24, 2.45) is 0 Å². The molecule has 0 aliphatic carbocycles. The lowest BCUT2D eigenvalue weighted by Gasteiger charge is -2.37. The maximum Gasteiger partial charge on any atom is 0.149 e. The average molecular weight is 361 g/mol. The van der Waals surface area contributed by atoms with Gasteiger partial charge in [-0.1, -0.05) is 11.6 Å². The molecule has 0 spiro atoms. The van der Waals surface area contributed by atoms with Crippen LogP contribution in [-0.2, 0) is 0 Å². The van der Waals surface area contributed by atoms with Crippen LogP contribution in [0.2, 0.25) is 5.02 Å². The Morgan fingerprint density at radius 1 is 0.880 bits per heavy atom. The van der Waals surface area contributed by atoms with Gasteiger partial charge in [-0.15, -0.1) is 0 Å². The Hall–Kier alpha value is -2.47. The van der Waals surface area contributed by atoms with E-state index in [0.717, 1.165) is 22.8 Å². The van der Waals surface area contributed by atoms with Crippen LogP contribution in [0.4, 0.5) is 20.3 Å². The molecule has 0 radical (unpaired) electrons. The predicted octanol–water partition coefficient (Wildman–Crippen LogP) is 3.89. The molecule has 0 amide bonds. The lowest BCUT2D eigenvalue weighted by molar-refractivity contribution is 0.570. The summed E-state index contributed by atoms with van der Waals surface area (Å²) in [5.74, 6) is -0.274. The first-order valence-electron chi connectivity index (χ1n) is 7.97. The zero-order valence-corrected chi connectivity index (χ0v) is 14.0. The van der Waals surface area contributed by atoms with E-state index in [2.05, 4.69) is 14.9 Å². The van der Waals surface area contributed by atoms with Crippen LogP contribution in [0.1, 0.15) is 0 Å². The molecule has 1 aromatic heterocycles. The summed E-state index contributed by atoms with van der Waals surface area (Å²) in [6.45, 7) is 2.59. The van der Waals surface area contributed by atoms with E-state index in [1.807, 2.05) is 17.0 Å². The second-order valence-electron chi connectivity index (χ2n) is 5.93. The molecule has 3 aromatic rings. The topological polar surface area (TPSA) is 32.3 Å². The van der Waals surface area contributed by atoms with Crippen molar-refractivity contribution in [3.05, 3.63) is 59.4 Å². The molecule has 128 valence electrons. The summed E-state index contributed by atoms with van der Waals surface area (Å²) in [6.07, 6.45) is 1.54. The summed E-state index contributed by atoms with van der Waals surface area (Å²) < 4.78 is 27.1. The van der Waals surface area contributed by atoms with E-state index < -0.39 is 11.6 Å². The number of hydrogen-bond donors (Lipinski definition) is 0. The number of nitrogens with zero attached hydrogens (tertiary/aromatic N) is 4. The molecule has 4 nitrogen and oxygen atoms in total. The number of aromatic nitrogens is 2. The average Bonchev–Trinajstić information content (AvgIpc) is 2.61. The molecule has 1 saturated heterocycles. The maximum absolute atomic E-state index is 14.0. The number of benzene rings is 2. The molecule has 0 bridgehead atoms. The smallest absolute Gasteiger partial charge is 0.149 e. The van der Waals surface area contributed by atoms with Gasteiger partial charge in [-0.2, -0.15) is 0 Å². The minimum Gasteiger partial charge on any atom is -0.366 e. The van der Waals surface area contributed by atoms with E-state index in [0.29, 0.717) is 36.9 Å². The number of fused-ring (bicyclic) bond motifs is 1. The SMILES string of the molecule is Fc1ccc(N2CCN(c3ncnc4ccc(Cl)cc34)CC2)c(F)c1. The third-order valence-corrected chi connectivity index (χ3v) is 4.64. The normalized spacial score (nSPS) is 15.0. The largest absolute Gasteiger partial charge is 0.366 e. The van der Waals surface area contributed by atoms with Crippen LogP contribution in [0.15, 0.2) is 42.7 Å². The van der Waals surface area contributed by atoms with E-state index in [9.17, 15) is 8.78 Å². The fourth-order valence-electron chi connectivity index (χ4n) is 3.16. The third-order valence-electron chi connectivity index (χ3n) is 4.41. The molecule has 0 unspecified atom stereocenters. The van der Waals surface area contributed by atoms with E-state index in [1.165, 1.54) is 18.5 Å². The highest BCUT2D eigenvalue weighted by Crippen LogP contribution is 2.28. The Morgan fingerprint density at radius 3 is 2.40 bits per heavy atom. The van der Waals surface area contributed by atoms with Gasteiger partial charge < -0.3 is 9.80 Å². The molecule has 2 heterocycles. The highest BCUT2D eigenvalue weighted by atomic mass is 35.5. The molecule has 0 saturated carbocycles. The van der Waals surface area contributed by atoms with Gasteiger partial charge in [-0.05, 0) is 30.3 Å². The summed E-state index contributed by atoms with van der Waals surface area (Å²) in [6, 6.07) is 9.22. The number of piperazine rings is 1. The van der Waals surface area contributed by atoms with Crippen molar-refractivity contribution in [3.8, 4) is 0 Å². The molecular weight excluding hydrogens is 346 g/mol. The van der Waals surface area contributed by atoms with Gasteiger partial charge in [0.05, 0.1) is 11.2 Å². The Balaban J connectivity index is 1.57. The van der Waals surface area contributed by atoms with Gasteiger partial charge in [0.2, 0.25) is 0 Å².